The average molecular weight is 374 g/mol. The van der Waals surface area contributed by atoms with Crippen LogP contribution in [0.15, 0.2) is 48.5 Å². The largest absolute Gasteiger partial charge is 0.445 e. The molecule has 1 heterocycles. The Kier molecular flexibility index (Phi) is 6.01. The van der Waals surface area contributed by atoms with Crippen LogP contribution < -0.4 is 5.32 Å². The molecule has 5 nitrogen and oxygen atoms in total. The van der Waals surface area contributed by atoms with Crippen molar-refractivity contribution in [3.63, 3.8) is 0 Å². The molecular formula is C20H20F2N2O3. The van der Waals surface area contributed by atoms with Gasteiger partial charge in [-0.3, -0.25) is 4.79 Å². The molecule has 2 aromatic carbocycles. The van der Waals surface area contributed by atoms with Gasteiger partial charge in [0.25, 0.3) is 0 Å². The topological polar surface area (TPSA) is 58.6 Å². The third-order valence-electron chi connectivity index (χ3n) is 4.52. The second kappa shape index (κ2) is 8.62. The minimum absolute atomic E-state index is 0.0499. The molecule has 1 aliphatic rings. The Labute approximate surface area is 155 Å². The van der Waals surface area contributed by atoms with E-state index in [2.05, 4.69) is 5.32 Å². The summed E-state index contributed by atoms with van der Waals surface area (Å²) in [6.45, 7) is 0.971. The number of hydrogen-bond donors (Lipinski definition) is 1. The smallest absolute Gasteiger partial charge is 0.410 e. The van der Waals surface area contributed by atoms with E-state index in [-0.39, 0.29) is 24.1 Å². The molecule has 1 fully saturated rings. The van der Waals surface area contributed by atoms with Crippen LogP contribution in [0.3, 0.4) is 0 Å². The highest BCUT2D eigenvalue weighted by atomic mass is 19.1. The lowest BCUT2D eigenvalue weighted by molar-refractivity contribution is -0.121. The first-order valence-electron chi connectivity index (χ1n) is 8.74. The maximum absolute atomic E-state index is 13.6. The number of likely N-dealkylation sites (tertiary alicyclic amines) is 1. The first kappa shape index (κ1) is 18.8. The molecule has 7 heteroatoms. The van der Waals surface area contributed by atoms with Gasteiger partial charge in [-0.2, -0.15) is 0 Å². The van der Waals surface area contributed by atoms with Crippen molar-refractivity contribution in [1.29, 1.82) is 0 Å². The fourth-order valence-corrected chi connectivity index (χ4v) is 2.96. The Morgan fingerprint density at radius 3 is 2.44 bits per heavy atom. The highest BCUT2D eigenvalue weighted by molar-refractivity contribution is 5.92. The molecule has 0 radical (unpaired) electrons. The maximum atomic E-state index is 13.6. The summed E-state index contributed by atoms with van der Waals surface area (Å²) in [5.41, 5.74) is 0.854. The molecule has 0 unspecified atom stereocenters. The van der Waals surface area contributed by atoms with Gasteiger partial charge in [-0.05, 0) is 30.5 Å². The van der Waals surface area contributed by atoms with Crippen molar-refractivity contribution in [1.82, 2.24) is 4.90 Å². The standard InChI is InChI=1S/C20H20F2N2O3/c21-16-6-7-18(17(22)12-16)23-19(25)15-8-10-24(11-9-15)20(26)27-13-14-4-2-1-3-5-14/h1-7,12,15H,8-11,13H2,(H,23,25). The predicted molar refractivity (Wildman–Crippen MR) is 95.9 cm³/mol. The third-order valence-corrected chi connectivity index (χ3v) is 4.52. The van der Waals surface area contributed by atoms with E-state index in [1.807, 2.05) is 30.3 Å². The van der Waals surface area contributed by atoms with E-state index in [1.165, 1.54) is 6.07 Å². The molecule has 0 atom stereocenters. The number of halogens is 2. The van der Waals surface area contributed by atoms with Crippen molar-refractivity contribution in [2.75, 3.05) is 18.4 Å². The zero-order chi connectivity index (χ0) is 19.2. The fraction of sp³-hybridized carbons (Fsp3) is 0.300. The van der Waals surface area contributed by atoms with Crippen molar-refractivity contribution in [3.8, 4) is 0 Å². The van der Waals surface area contributed by atoms with Crippen LogP contribution in [0.5, 0.6) is 0 Å². The van der Waals surface area contributed by atoms with Gasteiger partial charge in [0.15, 0.2) is 0 Å². The van der Waals surface area contributed by atoms with Crippen LogP contribution in [0.2, 0.25) is 0 Å². The van der Waals surface area contributed by atoms with Crippen molar-refractivity contribution in [2.24, 2.45) is 5.92 Å². The number of nitrogens with zero attached hydrogens (tertiary/aromatic N) is 1. The third kappa shape index (κ3) is 5.03. The lowest BCUT2D eigenvalue weighted by atomic mass is 9.96. The van der Waals surface area contributed by atoms with Gasteiger partial charge in [-0.1, -0.05) is 30.3 Å². The number of anilines is 1. The van der Waals surface area contributed by atoms with Crippen LogP contribution in [0.1, 0.15) is 18.4 Å². The number of ether oxygens (including phenoxy) is 1. The fourth-order valence-electron chi connectivity index (χ4n) is 2.96. The quantitative estimate of drug-likeness (QED) is 0.882. The number of amides is 2. The van der Waals surface area contributed by atoms with Gasteiger partial charge in [-0.25, -0.2) is 13.6 Å². The molecule has 0 bridgehead atoms. The Hall–Kier alpha value is -2.96. The second-order valence-corrected chi connectivity index (χ2v) is 6.41. The molecule has 142 valence electrons. The Bertz CT molecular complexity index is 806. The van der Waals surface area contributed by atoms with E-state index in [0.717, 1.165) is 17.7 Å². The van der Waals surface area contributed by atoms with Gasteiger partial charge in [0.05, 0.1) is 5.69 Å². The first-order chi connectivity index (χ1) is 13.0. The lowest BCUT2D eigenvalue weighted by Crippen LogP contribution is -2.41. The number of rotatable bonds is 4. The average Bonchev–Trinajstić information content (AvgIpc) is 2.69. The zero-order valence-electron chi connectivity index (χ0n) is 14.7. The Morgan fingerprint density at radius 1 is 1.07 bits per heavy atom. The lowest BCUT2D eigenvalue weighted by Gasteiger charge is -2.30. The van der Waals surface area contributed by atoms with Gasteiger partial charge in [0.2, 0.25) is 5.91 Å². The van der Waals surface area contributed by atoms with Crippen LogP contribution in [-0.4, -0.2) is 30.0 Å². The van der Waals surface area contributed by atoms with Crippen molar-refractivity contribution in [3.05, 3.63) is 65.7 Å². The van der Waals surface area contributed by atoms with Gasteiger partial charge >= 0.3 is 6.09 Å². The van der Waals surface area contributed by atoms with Crippen LogP contribution in [0, 0.1) is 17.6 Å². The zero-order valence-corrected chi connectivity index (χ0v) is 14.7. The summed E-state index contributed by atoms with van der Waals surface area (Å²) in [7, 11) is 0. The molecule has 1 N–H and O–H groups in total. The number of carbonyl (C=O) groups excluding carboxylic acids is 2. The molecule has 0 saturated carbocycles. The molecule has 2 aromatic rings. The highest BCUT2D eigenvalue weighted by Gasteiger charge is 2.28. The summed E-state index contributed by atoms with van der Waals surface area (Å²) in [6, 6.07) is 12.4. The van der Waals surface area contributed by atoms with Gasteiger partial charge < -0.3 is 15.0 Å². The summed E-state index contributed by atoms with van der Waals surface area (Å²) in [6.07, 6.45) is 0.492. The van der Waals surface area contributed by atoms with Gasteiger partial charge in [-0.15, -0.1) is 0 Å². The minimum atomic E-state index is -0.815. The van der Waals surface area contributed by atoms with Gasteiger partial charge in [0, 0.05) is 25.1 Å². The van der Waals surface area contributed by atoms with Gasteiger partial charge in [0.1, 0.15) is 18.2 Å². The van der Waals surface area contributed by atoms with E-state index >= 15 is 0 Å². The summed E-state index contributed by atoms with van der Waals surface area (Å²) < 4.78 is 31.9. The molecule has 0 aliphatic carbocycles. The number of hydrogen-bond acceptors (Lipinski definition) is 3. The molecule has 1 saturated heterocycles. The Balaban J connectivity index is 1.46. The van der Waals surface area contributed by atoms with E-state index < -0.39 is 17.7 Å². The predicted octanol–water partition coefficient (Wildman–Crippen LogP) is 3.95. The molecule has 1 aliphatic heterocycles. The van der Waals surface area contributed by atoms with E-state index in [1.54, 1.807) is 4.90 Å². The molecule has 3 rings (SSSR count). The summed E-state index contributed by atoms with van der Waals surface area (Å²) >= 11 is 0. The monoisotopic (exact) mass is 374 g/mol. The Morgan fingerprint density at radius 2 is 1.78 bits per heavy atom. The number of nitrogens with one attached hydrogen (secondary N) is 1. The first-order valence-corrected chi connectivity index (χ1v) is 8.74. The summed E-state index contributed by atoms with van der Waals surface area (Å²) in [5, 5.41) is 2.48. The van der Waals surface area contributed by atoms with E-state index in [4.69, 9.17) is 4.74 Å². The van der Waals surface area contributed by atoms with E-state index in [9.17, 15) is 18.4 Å². The second-order valence-electron chi connectivity index (χ2n) is 6.41. The normalized spacial score (nSPS) is 14.7. The summed E-state index contributed by atoms with van der Waals surface area (Å²) in [4.78, 5) is 26.0. The molecule has 27 heavy (non-hydrogen) atoms. The van der Waals surface area contributed by atoms with Crippen LogP contribution in [0.25, 0.3) is 0 Å². The van der Waals surface area contributed by atoms with Crippen molar-refractivity contribution < 1.29 is 23.1 Å². The highest BCUT2D eigenvalue weighted by Crippen LogP contribution is 2.22. The minimum Gasteiger partial charge on any atom is -0.445 e. The van der Waals surface area contributed by atoms with Crippen molar-refractivity contribution >= 4 is 17.7 Å². The summed E-state index contributed by atoms with van der Waals surface area (Å²) in [5.74, 6) is -2.19. The number of piperidine rings is 1. The molecular weight excluding hydrogens is 354 g/mol. The van der Waals surface area contributed by atoms with Crippen LogP contribution in [-0.2, 0) is 16.1 Å². The SMILES string of the molecule is O=C(Nc1ccc(F)cc1F)C1CCN(C(=O)OCc2ccccc2)CC1. The van der Waals surface area contributed by atoms with Crippen LogP contribution >= 0.6 is 0 Å². The maximum Gasteiger partial charge on any atom is 0.410 e. The molecule has 0 spiro atoms. The van der Waals surface area contributed by atoms with E-state index in [0.29, 0.717) is 25.9 Å². The van der Waals surface area contributed by atoms with Crippen LogP contribution in [0.4, 0.5) is 19.3 Å². The number of benzene rings is 2. The molecule has 0 aromatic heterocycles. The molecule has 2 amide bonds. The number of carbonyl (C=O) groups is 2. The van der Waals surface area contributed by atoms with Crippen molar-refractivity contribution in [2.45, 2.75) is 19.4 Å².